The first-order chi connectivity index (χ1) is 14.2. The first-order valence-corrected chi connectivity index (χ1v) is 10.1. The predicted molar refractivity (Wildman–Crippen MR) is 116 cm³/mol. The zero-order valence-corrected chi connectivity index (χ0v) is 16.9. The summed E-state index contributed by atoms with van der Waals surface area (Å²) in [6.45, 7) is 5.78. The van der Waals surface area contributed by atoms with Gasteiger partial charge in [-0.2, -0.15) is 0 Å². The highest BCUT2D eigenvalue weighted by Gasteiger charge is 2.16. The van der Waals surface area contributed by atoms with Gasteiger partial charge in [-0.1, -0.05) is 36.4 Å². The molecule has 4 rings (SSSR count). The van der Waals surface area contributed by atoms with Crippen molar-refractivity contribution in [1.82, 2.24) is 19.4 Å². The second kappa shape index (κ2) is 8.35. The highest BCUT2D eigenvalue weighted by molar-refractivity contribution is 5.96. The van der Waals surface area contributed by atoms with Crippen molar-refractivity contribution in [1.29, 1.82) is 0 Å². The third kappa shape index (κ3) is 4.09. The molecule has 0 bridgehead atoms. The maximum Gasteiger partial charge on any atom is 0.251 e. The molecule has 1 atom stereocenters. The van der Waals surface area contributed by atoms with E-state index in [9.17, 15) is 4.79 Å². The first kappa shape index (κ1) is 19.0. The molecule has 1 amide bonds. The number of amides is 1. The minimum Gasteiger partial charge on any atom is -0.349 e. The number of carbonyl (C=O) groups excluding carboxylic acids is 1. The summed E-state index contributed by atoms with van der Waals surface area (Å²) in [4.78, 5) is 17.1. The topological polar surface area (TPSA) is 51.9 Å². The summed E-state index contributed by atoms with van der Waals surface area (Å²) in [5, 5.41) is 4.44. The Morgan fingerprint density at radius 1 is 1.10 bits per heavy atom. The lowest BCUT2D eigenvalue weighted by Crippen LogP contribution is -2.34. The van der Waals surface area contributed by atoms with Gasteiger partial charge in [0.2, 0.25) is 0 Å². The Morgan fingerprint density at radius 3 is 2.69 bits per heavy atom. The SMILES string of the molecule is CCn1cc(C[C@@H](C)NC(=O)c2ccccc2Cn2ccnc2)c2ccccc21. The number of fused-ring (bicyclic) bond motifs is 1. The van der Waals surface area contributed by atoms with Gasteiger partial charge in [0.1, 0.15) is 0 Å². The van der Waals surface area contributed by atoms with Gasteiger partial charge in [0.15, 0.2) is 0 Å². The Morgan fingerprint density at radius 2 is 1.90 bits per heavy atom. The second-order valence-corrected chi connectivity index (χ2v) is 7.43. The number of para-hydroxylation sites is 1. The van der Waals surface area contributed by atoms with Crippen molar-refractivity contribution in [2.45, 2.75) is 39.4 Å². The third-order valence-corrected chi connectivity index (χ3v) is 5.29. The fourth-order valence-electron chi connectivity index (χ4n) is 3.89. The van der Waals surface area contributed by atoms with Crippen molar-refractivity contribution in [3.05, 3.63) is 90.1 Å². The third-order valence-electron chi connectivity index (χ3n) is 5.29. The first-order valence-electron chi connectivity index (χ1n) is 10.1. The number of nitrogens with one attached hydrogen (secondary N) is 1. The van der Waals surface area contributed by atoms with E-state index in [0.29, 0.717) is 12.1 Å². The average Bonchev–Trinajstić information content (AvgIpc) is 3.36. The van der Waals surface area contributed by atoms with Crippen LogP contribution < -0.4 is 5.32 Å². The van der Waals surface area contributed by atoms with Crippen molar-refractivity contribution in [2.75, 3.05) is 0 Å². The molecule has 0 unspecified atom stereocenters. The lowest BCUT2D eigenvalue weighted by Gasteiger charge is -2.16. The van der Waals surface area contributed by atoms with Crippen LogP contribution in [0.15, 0.2) is 73.4 Å². The molecule has 1 N–H and O–H groups in total. The zero-order chi connectivity index (χ0) is 20.2. The van der Waals surface area contributed by atoms with E-state index in [1.165, 1.54) is 16.5 Å². The number of hydrogen-bond donors (Lipinski definition) is 1. The van der Waals surface area contributed by atoms with Crippen molar-refractivity contribution in [2.24, 2.45) is 0 Å². The number of nitrogens with zero attached hydrogens (tertiary/aromatic N) is 3. The molecule has 0 aliphatic carbocycles. The van der Waals surface area contributed by atoms with Crippen LogP contribution in [0.3, 0.4) is 0 Å². The molecule has 4 aromatic rings. The molecule has 29 heavy (non-hydrogen) atoms. The normalized spacial score (nSPS) is 12.2. The summed E-state index contributed by atoms with van der Waals surface area (Å²) in [6, 6.07) is 16.2. The van der Waals surface area contributed by atoms with Gasteiger partial charge in [0, 0.05) is 54.2 Å². The van der Waals surface area contributed by atoms with Crippen LogP contribution >= 0.6 is 0 Å². The maximum atomic E-state index is 13.0. The summed E-state index contributed by atoms with van der Waals surface area (Å²) in [5.74, 6) is -0.0348. The molecular formula is C24H26N4O. The molecule has 148 valence electrons. The summed E-state index contributed by atoms with van der Waals surface area (Å²) in [6.07, 6.45) is 8.42. The molecule has 0 aliphatic heterocycles. The Labute approximate surface area is 171 Å². The van der Waals surface area contributed by atoms with E-state index < -0.39 is 0 Å². The highest BCUT2D eigenvalue weighted by atomic mass is 16.1. The van der Waals surface area contributed by atoms with Crippen LogP contribution in [0.1, 0.15) is 35.3 Å². The molecular weight excluding hydrogens is 360 g/mol. The molecule has 2 aromatic carbocycles. The van der Waals surface area contributed by atoms with Crippen molar-refractivity contribution < 1.29 is 4.79 Å². The predicted octanol–water partition coefficient (Wildman–Crippen LogP) is 4.27. The van der Waals surface area contributed by atoms with Crippen LogP contribution in [0.5, 0.6) is 0 Å². The van der Waals surface area contributed by atoms with Gasteiger partial charge in [-0.05, 0) is 43.5 Å². The lowest BCUT2D eigenvalue weighted by molar-refractivity contribution is 0.0939. The average molecular weight is 386 g/mol. The van der Waals surface area contributed by atoms with Gasteiger partial charge in [0.25, 0.3) is 5.91 Å². The van der Waals surface area contributed by atoms with Crippen molar-refractivity contribution in [3.63, 3.8) is 0 Å². The van der Waals surface area contributed by atoms with Crippen LogP contribution in [0.25, 0.3) is 10.9 Å². The van der Waals surface area contributed by atoms with Crippen LogP contribution in [-0.4, -0.2) is 26.1 Å². The monoisotopic (exact) mass is 386 g/mol. The number of aromatic nitrogens is 3. The molecule has 0 saturated heterocycles. The van der Waals surface area contributed by atoms with Crippen LogP contribution in [0.4, 0.5) is 0 Å². The van der Waals surface area contributed by atoms with Gasteiger partial charge >= 0.3 is 0 Å². The van der Waals surface area contributed by atoms with Gasteiger partial charge in [0.05, 0.1) is 6.33 Å². The standard InChI is InChI=1S/C24H26N4O/c1-3-28-16-20(21-9-6-7-11-23(21)28)14-18(2)26-24(29)22-10-5-4-8-19(22)15-27-13-12-25-17-27/h4-13,16-18H,3,14-15H2,1-2H3,(H,26,29)/t18-/m1/s1. The molecule has 0 aliphatic rings. The van der Waals surface area contributed by atoms with Crippen molar-refractivity contribution in [3.8, 4) is 0 Å². The minimum absolute atomic E-state index is 0.0277. The fourth-order valence-corrected chi connectivity index (χ4v) is 3.89. The Balaban J connectivity index is 1.50. The zero-order valence-electron chi connectivity index (χ0n) is 16.9. The quantitative estimate of drug-likeness (QED) is 0.516. The van der Waals surface area contributed by atoms with Crippen LogP contribution in [-0.2, 0) is 19.5 Å². The molecule has 2 heterocycles. The number of aryl methyl sites for hydroxylation is 1. The van der Waals surface area contributed by atoms with Gasteiger partial charge in [-0.15, -0.1) is 0 Å². The van der Waals surface area contributed by atoms with Gasteiger partial charge < -0.3 is 14.5 Å². The van der Waals surface area contributed by atoms with Gasteiger partial charge in [-0.3, -0.25) is 4.79 Å². The van der Waals surface area contributed by atoms with Crippen LogP contribution in [0.2, 0.25) is 0 Å². The summed E-state index contributed by atoms with van der Waals surface area (Å²) < 4.78 is 4.23. The van der Waals surface area contributed by atoms with E-state index >= 15 is 0 Å². The molecule has 0 spiro atoms. The van der Waals surface area contributed by atoms with Crippen molar-refractivity contribution >= 4 is 16.8 Å². The van der Waals surface area contributed by atoms with E-state index in [1.807, 2.05) is 35.0 Å². The molecule has 2 aromatic heterocycles. The van der Waals surface area contributed by atoms with E-state index in [4.69, 9.17) is 0 Å². The summed E-state index contributed by atoms with van der Waals surface area (Å²) in [5.41, 5.74) is 4.21. The fraction of sp³-hybridized carbons (Fsp3) is 0.250. The second-order valence-electron chi connectivity index (χ2n) is 7.43. The maximum absolute atomic E-state index is 13.0. The van der Waals surface area contributed by atoms with Crippen LogP contribution in [0, 0.1) is 0 Å². The van der Waals surface area contributed by atoms with E-state index in [2.05, 4.69) is 59.2 Å². The molecule has 5 heteroatoms. The Bertz CT molecular complexity index is 1110. The lowest BCUT2D eigenvalue weighted by atomic mass is 10.0. The van der Waals surface area contributed by atoms with E-state index in [0.717, 1.165) is 18.5 Å². The molecule has 0 saturated carbocycles. The summed E-state index contributed by atoms with van der Waals surface area (Å²) in [7, 11) is 0. The number of imidazole rings is 1. The number of rotatable bonds is 7. The highest BCUT2D eigenvalue weighted by Crippen LogP contribution is 2.22. The number of hydrogen-bond acceptors (Lipinski definition) is 2. The molecule has 5 nitrogen and oxygen atoms in total. The van der Waals surface area contributed by atoms with E-state index in [1.54, 1.807) is 12.5 Å². The smallest absolute Gasteiger partial charge is 0.251 e. The minimum atomic E-state index is -0.0348. The number of benzene rings is 2. The molecule has 0 radical (unpaired) electrons. The largest absolute Gasteiger partial charge is 0.349 e. The molecule has 0 fully saturated rings. The van der Waals surface area contributed by atoms with E-state index in [-0.39, 0.29) is 11.9 Å². The Kier molecular flexibility index (Phi) is 5.47. The number of carbonyl (C=O) groups is 1. The van der Waals surface area contributed by atoms with Gasteiger partial charge in [-0.25, -0.2) is 4.98 Å². The Hall–Kier alpha value is -3.34. The summed E-state index contributed by atoms with van der Waals surface area (Å²) >= 11 is 0.